The van der Waals surface area contributed by atoms with Crippen LogP contribution < -0.4 is 15.7 Å². The van der Waals surface area contributed by atoms with E-state index in [0.29, 0.717) is 0 Å². The molecule has 0 saturated heterocycles. The van der Waals surface area contributed by atoms with Crippen molar-refractivity contribution in [3.63, 3.8) is 0 Å². The van der Waals surface area contributed by atoms with Crippen LogP contribution in [0, 0.1) is 12.7 Å². The number of pyridine rings is 1. The summed E-state index contributed by atoms with van der Waals surface area (Å²) in [6.07, 6.45) is 1.43. The van der Waals surface area contributed by atoms with Gasteiger partial charge in [0.25, 0.3) is 11.5 Å². The first kappa shape index (κ1) is 17.4. The quantitative estimate of drug-likeness (QED) is 0.767. The number of halogens is 1. The lowest BCUT2D eigenvalue weighted by Gasteiger charge is -2.10. The molecule has 1 N–H and O–H groups in total. The van der Waals surface area contributed by atoms with Gasteiger partial charge in [-0.25, -0.2) is 4.39 Å². The number of benzene rings is 2. The monoisotopic (exact) mass is 352 g/mol. The van der Waals surface area contributed by atoms with Crippen molar-refractivity contribution >= 4 is 11.6 Å². The van der Waals surface area contributed by atoms with Gasteiger partial charge in [0.05, 0.1) is 5.69 Å². The fraction of sp³-hybridized carbons (Fsp3) is 0.100. The predicted molar refractivity (Wildman–Crippen MR) is 96.5 cm³/mol. The summed E-state index contributed by atoms with van der Waals surface area (Å²) >= 11 is 0. The Balaban J connectivity index is 1.76. The van der Waals surface area contributed by atoms with Gasteiger partial charge in [0.15, 0.2) is 0 Å². The summed E-state index contributed by atoms with van der Waals surface area (Å²) in [4.78, 5) is 30.2. The number of rotatable bonds is 5. The highest BCUT2D eigenvalue weighted by Gasteiger charge is 2.14. The van der Waals surface area contributed by atoms with Gasteiger partial charge in [0.1, 0.15) is 18.0 Å². The van der Waals surface area contributed by atoms with E-state index in [0.717, 1.165) is 15.9 Å². The van der Waals surface area contributed by atoms with Crippen LogP contribution in [0.5, 0.6) is 0 Å². The van der Waals surface area contributed by atoms with E-state index in [4.69, 9.17) is 4.84 Å². The molecule has 3 rings (SSSR count). The van der Waals surface area contributed by atoms with Crippen molar-refractivity contribution in [1.29, 1.82) is 0 Å². The van der Waals surface area contributed by atoms with E-state index in [1.54, 1.807) is 6.07 Å². The van der Waals surface area contributed by atoms with Crippen molar-refractivity contribution in [2.75, 3.05) is 5.32 Å². The van der Waals surface area contributed by atoms with E-state index in [9.17, 15) is 14.0 Å². The lowest BCUT2D eigenvalue weighted by molar-refractivity contribution is 0.0863. The first-order chi connectivity index (χ1) is 12.5. The summed E-state index contributed by atoms with van der Waals surface area (Å²) in [7, 11) is 0. The number of carbonyl (C=O) groups is 1. The number of amides is 1. The summed E-state index contributed by atoms with van der Waals surface area (Å²) in [5.74, 6) is -1.28. The van der Waals surface area contributed by atoms with Crippen LogP contribution in [0.3, 0.4) is 0 Å². The van der Waals surface area contributed by atoms with E-state index in [1.165, 1.54) is 36.5 Å². The van der Waals surface area contributed by atoms with Gasteiger partial charge in [-0.05, 0) is 36.8 Å². The van der Waals surface area contributed by atoms with Gasteiger partial charge in [-0.15, -0.1) is 0 Å². The summed E-state index contributed by atoms with van der Waals surface area (Å²) in [6, 6.07) is 16.3. The molecular weight excluding hydrogens is 335 g/mol. The maximum atomic E-state index is 13.7. The van der Waals surface area contributed by atoms with Crippen molar-refractivity contribution in [2.45, 2.75) is 13.5 Å². The van der Waals surface area contributed by atoms with Gasteiger partial charge in [-0.3, -0.25) is 9.59 Å². The van der Waals surface area contributed by atoms with Crippen LogP contribution in [0.1, 0.15) is 21.5 Å². The van der Waals surface area contributed by atoms with Crippen LogP contribution >= 0.6 is 0 Å². The van der Waals surface area contributed by atoms with Crippen molar-refractivity contribution in [3.8, 4) is 0 Å². The zero-order valence-corrected chi connectivity index (χ0v) is 14.1. The molecule has 2 aromatic carbocycles. The van der Waals surface area contributed by atoms with E-state index in [2.05, 4.69) is 5.32 Å². The van der Waals surface area contributed by atoms with Crippen LogP contribution in [0.25, 0.3) is 0 Å². The van der Waals surface area contributed by atoms with Crippen molar-refractivity contribution in [3.05, 3.63) is 99.7 Å². The molecule has 6 heteroatoms. The third kappa shape index (κ3) is 3.97. The molecule has 0 unspecified atom stereocenters. The molecule has 0 saturated carbocycles. The van der Waals surface area contributed by atoms with E-state index >= 15 is 0 Å². The van der Waals surface area contributed by atoms with Crippen LogP contribution in [0.2, 0.25) is 0 Å². The summed E-state index contributed by atoms with van der Waals surface area (Å²) in [5, 5.41) is 2.39. The number of para-hydroxylation sites is 1. The Kier molecular flexibility index (Phi) is 5.12. The van der Waals surface area contributed by atoms with Crippen LogP contribution in [-0.4, -0.2) is 10.6 Å². The molecule has 3 aromatic rings. The predicted octanol–water partition coefficient (Wildman–Crippen LogP) is 3.18. The molecule has 0 spiro atoms. The van der Waals surface area contributed by atoms with Crippen molar-refractivity contribution < 1.29 is 14.0 Å². The summed E-state index contributed by atoms with van der Waals surface area (Å²) < 4.78 is 14.7. The first-order valence-corrected chi connectivity index (χ1v) is 8.01. The summed E-state index contributed by atoms with van der Waals surface area (Å²) in [6.45, 7) is 2.16. The summed E-state index contributed by atoms with van der Waals surface area (Å²) in [5.41, 5.74) is 1.27. The van der Waals surface area contributed by atoms with Crippen LogP contribution in [-0.2, 0) is 6.61 Å². The Labute approximate surface area is 149 Å². The maximum Gasteiger partial charge on any atom is 0.295 e. The molecule has 132 valence electrons. The Morgan fingerprint density at radius 1 is 1.08 bits per heavy atom. The van der Waals surface area contributed by atoms with Gasteiger partial charge in [0, 0.05) is 6.20 Å². The third-order valence-electron chi connectivity index (χ3n) is 3.77. The number of aromatic nitrogens is 1. The zero-order valence-electron chi connectivity index (χ0n) is 14.1. The minimum Gasteiger partial charge on any atom is -0.406 e. The molecule has 0 atom stereocenters. The van der Waals surface area contributed by atoms with E-state index in [-0.39, 0.29) is 17.9 Å². The first-order valence-electron chi connectivity index (χ1n) is 8.01. The lowest BCUT2D eigenvalue weighted by atomic mass is 10.2. The van der Waals surface area contributed by atoms with Gasteiger partial charge in [0.2, 0.25) is 0 Å². The molecule has 1 aromatic heterocycles. The second-order valence-corrected chi connectivity index (χ2v) is 5.75. The molecule has 26 heavy (non-hydrogen) atoms. The molecule has 5 nitrogen and oxygen atoms in total. The fourth-order valence-corrected chi connectivity index (χ4v) is 2.33. The average Bonchev–Trinajstić information content (AvgIpc) is 2.64. The SMILES string of the molecule is Cc1ccc(COn2cccc(C(=O)Nc3ccccc3F)c2=O)cc1. The van der Waals surface area contributed by atoms with Crippen LogP contribution in [0.15, 0.2) is 71.7 Å². The largest absolute Gasteiger partial charge is 0.406 e. The molecule has 1 heterocycles. The zero-order chi connectivity index (χ0) is 18.5. The molecule has 0 aliphatic carbocycles. The van der Waals surface area contributed by atoms with Gasteiger partial charge < -0.3 is 10.2 Å². The number of nitrogens with one attached hydrogen (secondary N) is 1. The normalized spacial score (nSPS) is 10.4. The molecule has 0 aliphatic heterocycles. The highest BCUT2D eigenvalue weighted by molar-refractivity contribution is 6.04. The molecular formula is C20H17FN2O3. The van der Waals surface area contributed by atoms with Crippen molar-refractivity contribution in [1.82, 2.24) is 4.73 Å². The minimum absolute atomic E-state index is 0.00729. The minimum atomic E-state index is -0.701. The number of anilines is 1. The lowest BCUT2D eigenvalue weighted by Crippen LogP contribution is -2.32. The highest BCUT2D eigenvalue weighted by Crippen LogP contribution is 2.13. The van der Waals surface area contributed by atoms with Crippen molar-refractivity contribution in [2.24, 2.45) is 0 Å². The van der Waals surface area contributed by atoms with Gasteiger partial charge >= 0.3 is 0 Å². The van der Waals surface area contributed by atoms with Gasteiger partial charge in [-0.2, -0.15) is 4.73 Å². The average molecular weight is 352 g/mol. The number of nitrogens with zero attached hydrogens (tertiary/aromatic N) is 1. The highest BCUT2D eigenvalue weighted by atomic mass is 19.1. The molecule has 0 bridgehead atoms. The Morgan fingerprint density at radius 2 is 1.81 bits per heavy atom. The second-order valence-electron chi connectivity index (χ2n) is 5.75. The molecule has 0 aliphatic rings. The number of hydrogen-bond acceptors (Lipinski definition) is 3. The van der Waals surface area contributed by atoms with E-state index < -0.39 is 17.3 Å². The third-order valence-corrected chi connectivity index (χ3v) is 3.77. The number of aryl methyl sites for hydroxylation is 1. The van der Waals surface area contributed by atoms with E-state index in [1.807, 2.05) is 31.2 Å². The fourth-order valence-electron chi connectivity index (χ4n) is 2.33. The molecule has 0 fully saturated rings. The Hall–Kier alpha value is -3.41. The Morgan fingerprint density at radius 3 is 2.54 bits per heavy atom. The Bertz CT molecular complexity index is 981. The number of carbonyl (C=O) groups excluding carboxylic acids is 1. The standard InChI is InChI=1S/C20H17FN2O3/c1-14-8-10-15(11-9-14)13-26-23-12-4-5-16(20(23)25)19(24)22-18-7-3-2-6-17(18)21/h2-12H,13H2,1H3,(H,22,24). The van der Waals surface area contributed by atoms with Gasteiger partial charge in [-0.1, -0.05) is 42.0 Å². The maximum absolute atomic E-state index is 13.7. The second kappa shape index (κ2) is 7.65. The topological polar surface area (TPSA) is 60.3 Å². The molecule has 0 radical (unpaired) electrons. The van der Waals surface area contributed by atoms with Crippen LogP contribution in [0.4, 0.5) is 10.1 Å². The molecule has 1 amide bonds. The number of hydrogen-bond donors (Lipinski definition) is 1. The smallest absolute Gasteiger partial charge is 0.295 e.